The molecule has 0 amide bonds. The summed E-state index contributed by atoms with van der Waals surface area (Å²) >= 11 is 3.58. The minimum atomic E-state index is -0.0512. The Morgan fingerprint density at radius 3 is 2.85 bits per heavy atom. The summed E-state index contributed by atoms with van der Waals surface area (Å²) in [6, 6.07) is 8.67. The standard InChI is InChI=1S/C21H26BrN3O/c1-5-25(4)13-23-20-12-19(22)21(24-14(20)2)26-15(3)17-10-9-16-7-6-8-18(16)11-17/h9-13,15H,5-8H2,1-4H3. The fraction of sp³-hybridized carbons (Fsp3) is 0.429. The highest BCUT2D eigenvalue weighted by atomic mass is 79.9. The summed E-state index contributed by atoms with van der Waals surface area (Å²) in [7, 11) is 2.00. The summed E-state index contributed by atoms with van der Waals surface area (Å²) in [6.45, 7) is 7.03. The van der Waals surface area contributed by atoms with Gasteiger partial charge < -0.3 is 9.64 Å². The van der Waals surface area contributed by atoms with Crippen LogP contribution in [0.4, 0.5) is 5.69 Å². The minimum absolute atomic E-state index is 0.0512. The summed E-state index contributed by atoms with van der Waals surface area (Å²) in [5, 5.41) is 0. The molecule has 0 radical (unpaired) electrons. The zero-order valence-electron chi connectivity index (χ0n) is 15.9. The summed E-state index contributed by atoms with van der Waals surface area (Å²) in [5.74, 6) is 0.610. The molecule has 1 aliphatic carbocycles. The Balaban J connectivity index is 1.77. The molecule has 1 aromatic carbocycles. The first-order chi connectivity index (χ1) is 12.5. The van der Waals surface area contributed by atoms with Crippen LogP contribution in [0.25, 0.3) is 0 Å². The van der Waals surface area contributed by atoms with E-state index in [1.54, 1.807) is 0 Å². The van der Waals surface area contributed by atoms with Crippen molar-refractivity contribution in [1.82, 2.24) is 9.88 Å². The summed E-state index contributed by atoms with van der Waals surface area (Å²) in [6.07, 6.45) is 5.41. The number of aliphatic imine (C=N–C) groups is 1. The second kappa shape index (κ2) is 8.21. The number of hydrogen-bond acceptors (Lipinski definition) is 3. The molecule has 138 valence electrons. The zero-order chi connectivity index (χ0) is 18.7. The maximum atomic E-state index is 6.15. The van der Waals surface area contributed by atoms with Crippen molar-refractivity contribution in [1.29, 1.82) is 0 Å². The van der Waals surface area contributed by atoms with Crippen LogP contribution in [0.2, 0.25) is 0 Å². The van der Waals surface area contributed by atoms with Crippen molar-refractivity contribution in [3.8, 4) is 5.88 Å². The van der Waals surface area contributed by atoms with Crippen molar-refractivity contribution < 1.29 is 4.74 Å². The first-order valence-corrected chi connectivity index (χ1v) is 9.97. The second-order valence-electron chi connectivity index (χ2n) is 6.84. The van der Waals surface area contributed by atoms with Crippen molar-refractivity contribution >= 4 is 28.0 Å². The van der Waals surface area contributed by atoms with E-state index in [9.17, 15) is 0 Å². The van der Waals surface area contributed by atoms with Gasteiger partial charge in [-0.3, -0.25) is 0 Å². The third kappa shape index (κ3) is 4.26. The summed E-state index contributed by atoms with van der Waals surface area (Å²) in [5.41, 5.74) is 5.84. The molecule has 0 saturated carbocycles. The zero-order valence-corrected chi connectivity index (χ0v) is 17.5. The number of halogens is 1. The van der Waals surface area contributed by atoms with Crippen LogP contribution in [0.15, 0.2) is 33.7 Å². The number of fused-ring (bicyclic) bond motifs is 1. The molecule has 5 heteroatoms. The van der Waals surface area contributed by atoms with Gasteiger partial charge in [0.05, 0.1) is 22.2 Å². The molecular formula is C21H26BrN3O. The molecule has 4 nitrogen and oxygen atoms in total. The lowest BCUT2D eigenvalue weighted by molar-refractivity contribution is 0.215. The maximum Gasteiger partial charge on any atom is 0.228 e. The molecule has 0 saturated heterocycles. The molecule has 26 heavy (non-hydrogen) atoms. The number of aromatic nitrogens is 1. The normalized spacial score (nSPS) is 14.5. The Bertz CT molecular complexity index is 819. The molecule has 0 spiro atoms. The maximum absolute atomic E-state index is 6.15. The van der Waals surface area contributed by atoms with Gasteiger partial charge in [0.2, 0.25) is 5.88 Å². The van der Waals surface area contributed by atoms with E-state index in [0.717, 1.165) is 22.4 Å². The number of hydrogen-bond donors (Lipinski definition) is 0. The predicted molar refractivity (Wildman–Crippen MR) is 111 cm³/mol. The molecule has 1 unspecified atom stereocenters. The third-order valence-electron chi connectivity index (χ3n) is 4.88. The molecule has 0 bridgehead atoms. The molecule has 2 aromatic rings. The van der Waals surface area contributed by atoms with Gasteiger partial charge in [-0.2, -0.15) is 0 Å². The number of pyridine rings is 1. The lowest BCUT2D eigenvalue weighted by Gasteiger charge is -2.17. The van der Waals surface area contributed by atoms with Crippen LogP contribution in [0, 0.1) is 6.92 Å². The van der Waals surface area contributed by atoms with E-state index in [0.29, 0.717) is 5.88 Å². The molecule has 3 rings (SSSR count). The number of rotatable bonds is 6. The lowest BCUT2D eigenvalue weighted by atomic mass is 10.0. The van der Waals surface area contributed by atoms with Gasteiger partial charge in [-0.05, 0) is 78.7 Å². The molecule has 0 aliphatic heterocycles. The molecular weight excluding hydrogens is 390 g/mol. The highest BCUT2D eigenvalue weighted by molar-refractivity contribution is 9.10. The van der Waals surface area contributed by atoms with Gasteiger partial charge in [-0.15, -0.1) is 0 Å². The van der Waals surface area contributed by atoms with E-state index in [1.165, 1.54) is 36.0 Å². The van der Waals surface area contributed by atoms with Gasteiger partial charge in [0, 0.05) is 13.6 Å². The van der Waals surface area contributed by atoms with E-state index < -0.39 is 0 Å². The second-order valence-corrected chi connectivity index (χ2v) is 7.69. The SMILES string of the molecule is CCN(C)C=Nc1cc(Br)c(OC(C)c2ccc3c(c2)CCC3)nc1C. The van der Waals surface area contributed by atoms with Crippen molar-refractivity contribution in [3.05, 3.63) is 51.1 Å². The number of nitrogens with zero attached hydrogens (tertiary/aromatic N) is 3. The van der Waals surface area contributed by atoms with Gasteiger partial charge in [0.1, 0.15) is 6.10 Å². The first-order valence-electron chi connectivity index (χ1n) is 9.18. The fourth-order valence-corrected chi connectivity index (χ4v) is 3.48. The Morgan fingerprint density at radius 2 is 2.08 bits per heavy atom. The summed E-state index contributed by atoms with van der Waals surface area (Å²) < 4.78 is 6.97. The van der Waals surface area contributed by atoms with Crippen LogP contribution in [-0.2, 0) is 12.8 Å². The predicted octanol–water partition coefficient (Wildman–Crippen LogP) is 5.39. The Labute approximate surface area is 164 Å². The van der Waals surface area contributed by atoms with Gasteiger partial charge >= 0.3 is 0 Å². The molecule has 0 N–H and O–H groups in total. The average molecular weight is 416 g/mol. The van der Waals surface area contributed by atoms with Crippen LogP contribution in [0.3, 0.4) is 0 Å². The molecule has 1 heterocycles. The van der Waals surface area contributed by atoms with Crippen LogP contribution >= 0.6 is 15.9 Å². The van der Waals surface area contributed by atoms with E-state index in [2.05, 4.69) is 58.0 Å². The van der Waals surface area contributed by atoms with Gasteiger partial charge in [0.15, 0.2) is 0 Å². The van der Waals surface area contributed by atoms with E-state index in [4.69, 9.17) is 4.74 Å². The smallest absolute Gasteiger partial charge is 0.228 e. The van der Waals surface area contributed by atoms with Crippen molar-refractivity contribution in [2.24, 2.45) is 4.99 Å². The van der Waals surface area contributed by atoms with Crippen LogP contribution < -0.4 is 4.74 Å². The van der Waals surface area contributed by atoms with Crippen LogP contribution in [-0.4, -0.2) is 29.8 Å². The van der Waals surface area contributed by atoms with E-state index >= 15 is 0 Å². The minimum Gasteiger partial charge on any atom is -0.469 e. The van der Waals surface area contributed by atoms with E-state index in [1.807, 2.05) is 31.3 Å². The Hall–Kier alpha value is -1.88. The highest BCUT2D eigenvalue weighted by Crippen LogP contribution is 2.33. The average Bonchev–Trinajstić information content (AvgIpc) is 3.10. The van der Waals surface area contributed by atoms with Crippen molar-refractivity contribution in [3.63, 3.8) is 0 Å². The summed E-state index contributed by atoms with van der Waals surface area (Å²) in [4.78, 5) is 11.1. The number of aryl methyl sites for hydroxylation is 3. The number of ether oxygens (including phenoxy) is 1. The Morgan fingerprint density at radius 1 is 1.31 bits per heavy atom. The molecule has 1 atom stereocenters. The van der Waals surface area contributed by atoms with Crippen molar-refractivity contribution in [2.45, 2.75) is 46.1 Å². The quantitative estimate of drug-likeness (QED) is 0.468. The van der Waals surface area contributed by atoms with Gasteiger partial charge in [-0.1, -0.05) is 18.2 Å². The molecule has 0 fully saturated rings. The monoisotopic (exact) mass is 415 g/mol. The van der Waals surface area contributed by atoms with Crippen LogP contribution in [0.5, 0.6) is 5.88 Å². The molecule has 1 aliphatic rings. The first kappa shape index (κ1) is 18.9. The van der Waals surface area contributed by atoms with E-state index in [-0.39, 0.29) is 6.10 Å². The largest absolute Gasteiger partial charge is 0.469 e. The molecule has 1 aromatic heterocycles. The van der Waals surface area contributed by atoms with Crippen LogP contribution in [0.1, 0.15) is 48.8 Å². The topological polar surface area (TPSA) is 37.7 Å². The fourth-order valence-electron chi connectivity index (χ4n) is 3.09. The lowest BCUT2D eigenvalue weighted by Crippen LogP contribution is -2.14. The third-order valence-corrected chi connectivity index (χ3v) is 5.45. The Kier molecular flexibility index (Phi) is 5.97. The van der Waals surface area contributed by atoms with Crippen molar-refractivity contribution in [2.75, 3.05) is 13.6 Å². The van der Waals surface area contributed by atoms with Gasteiger partial charge in [0.25, 0.3) is 0 Å². The highest BCUT2D eigenvalue weighted by Gasteiger charge is 2.16. The number of benzene rings is 1. The van der Waals surface area contributed by atoms with Gasteiger partial charge in [-0.25, -0.2) is 9.98 Å².